The maximum atomic E-state index is 11.3. The van der Waals surface area contributed by atoms with Gasteiger partial charge in [0.15, 0.2) is 0 Å². The van der Waals surface area contributed by atoms with E-state index in [-0.39, 0.29) is 5.97 Å². The molecule has 0 aromatic rings. The van der Waals surface area contributed by atoms with Crippen LogP contribution in [0.4, 0.5) is 0 Å². The first-order valence-electron chi connectivity index (χ1n) is 5.99. The van der Waals surface area contributed by atoms with Crippen molar-refractivity contribution in [1.82, 2.24) is 4.90 Å². The third-order valence-electron chi connectivity index (χ3n) is 2.78. The third kappa shape index (κ3) is 7.31. The van der Waals surface area contributed by atoms with Gasteiger partial charge in [-0.15, -0.1) is 0 Å². The first-order chi connectivity index (χ1) is 7.94. The first-order valence-corrected chi connectivity index (χ1v) is 5.99. The number of methoxy groups -OCH3 is 2. The molecule has 0 saturated carbocycles. The molecule has 0 saturated heterocycles. The van der Waals surface area contributed by atoms with E-state index >= 15 is 0 Å². The van der Waals surface area contributed by atoms with Crippen LogP contribution in [0.1, 0.15) is 26.2 Å². The van der Waals surface area contributed by atoms with E-state index in [9.17, 15) is 4.79 Å². The van der Waals surface area contributed by atoms with Crippen molar-refractivity contribution in [3.05, 3.63) is 0 Å². The molecule has 0 aromatic carbocycles. The molecule has 17 heavy (non-hydrogen) atoms. The van der Waals surface area contributed by atoms with E-state index in [2.05, 4.69) is 16.7 Å². The molecule has 5 nitrogen and oxygen atoms in total. The summed E-state index contributed by atoms with van der Waals surface area (Å²) in [5.41, 5.74) is 4.99. The molecule has 102 valence electrons. The summed E-state index contributed by atoms with van der Waals surface area (Å²) >= 11 is 0. The minimum absolute atomic E-state index is 0.348. The van der Waals surface area contributed by atoms with E-state index in [4.69, 9.17) is 10.5 Å². The third-order valence-corrected chi connectivity index (χ3v) is 2.78. The van der Waals surface area contributed by atoms with Gasteiger partial charge in [-0.1, -0.05) is 0 Å². The lowest BCUT2D eigenvalue weighted by atomic mass is 9.97. The van der Waals surface area contributed by atoms with Crippen LogP contribution in [0.3, 0.4) is 0 Å². The second kappa shape index (κ2) is 8.44. The minimum atomic E-state index is -0.873. The topological polar surface area (TPSA) is 64.8 Å². The zero-order valence-corrected chi connectivity index (χ0v) is 11.5. The largest absolute Gasteiger partial charge is 0.468 e. The van der Waals surface area contributed by atoms with Crippen LogP contribution in [0.2, 0.25) is 0 Å². The van der Waals surface area contributed by atoms with Gasteiger partial charge in [-0.2, -0.15) is 0 Å². The van der Waals surface area contributed by atoms with Crippen molar-refractivity contribution in [3.63, 3.8) is 0 Å². The van der Waals surface area contributed by atoms with Crippen molar-refractivity contribution in [2.75, 3.05) is 41.0 Å². The predicted octanol–water partition coefficient (Wildman–Crippen LogP) is 0.625. The SMILES string of the molecule is COCCCN(C)CCCC(C)(N)C(=O)OC. The lowest BCUT2D eigenvalue weighted by molar-refractivity contribution is -0.146. The fraction of sp³-hybridized carbons (Fsp3) is 0.917. The van der Waals surface area contributed by atoms with Crippen LogP contribution in [-0.4, -0.2) is 57.4 Å². The second-order valence-electron chi connectivity index (χ2n) is 4.66. The van der Waals surface area contributed by atoms with Gasteiger partial charge in [-0.3, -0.25) is 4.79 Å². The van der Waals surface area contributed by atoms with Crippen LogP contribution in [-0.2, 0) is 14.3 Å². The number of ether oxygens (including phenoxy) is 2. The summed E-state index contributed by atoms with van der Waals surface area (Å²) in [6.45, 7) is 4.41. The second-order valence-corrected chi connectivity index (χ2v) is 4.66. The van der Waals surface area contributed by atoms with Gasteiger partial charge < -0.3 is 20.1 Å². The van der Waals surface area contributed by atoms with Gasteiger partial charge in [0.25, 0.3) is 0 Å². The van der Waals surface area contributed by atoms with Crippen molar-refractivity contribution in [1.29, 1.82) is 0 Å². The van der Waals surface area contributed by atoms with Gasteiger partial charge in [0.05, 0.1) is 7.11 Å². The highest BCUT2D eigenvalue weighted by atomic mass is 16.5. The highest BCUT2D eigenvalue weighted by Crippen LogP contribution is 2.11. The van der Waals surface area contributed by atoms with E-state index < -0.39 is 5.54 Å². The van der Waals surface area contributed by atoms with E-state index in [0.29, 0.717) is 6.42 Å². The molecule has 0 amide bonds. The highest BCUT2D eigenvalue weighted by molar-refractivity contribution is 5.79. The summed E-state index contributed by atoms with van der Waals surface area (Å²) in [5, 5.41) is 0. The van der Waals surface area contributed by atoms with E-state index in [1.54, 1.807) is 14.0 Å². The lowest BCUT2D eigenvalue weighted by Gasteiger charge is -2.23. The predicted molar refractivity (Wildman–Crippen MR) is 67.8 cm³/mol. The molecule has 0 aliphatic rings. The summed E-state index contributed by atoms with van der Waals surface area (Å²) in [6, 6.07) is 0. The molecule has 0 rings (SSSR count). The molecule has 5 heteroatoms. The Morgan fingerprint density at radius 2 is 1.88 bits per heavy atom. The standard InChI is InChI=1S/C12H26N2O3/c1-12(13,11(15)17-4)7-5-8-14(2)9-6-10-16-3/h5-10,13H2,1-4H3. The molecule has 2 N–H and O–H groups in total. The van der Waals surface area contributed by atoms with E-state index in [0.717, 1.165) is 32.5 Å². The lowest BCUT2D eigenvalue weighted by Crippen LogP contribution is -2.46. The van der Waals surface area contributed by atoms with Crippen molar-refractivity contribution in [2.24, 2.45) is 5.73 Å². The quantitative estimate of drug-likeness (QED) is 0.477. The molecule has 0 aliphatic carbocycles. The molecule has 0 fully saturated rings. The molecular formula is C12H26N2O3. The molecule has 0 radical (unpaired) electrons. The summed E-state index contributed by atoms with van der Waals surface area (Å²) in [6.07, 6.45) is 2.53. The molecular weight excluding hydrogens is 220 g/mol. The maximum Gasteiger partial charge on any atom is 0.325 e. The zero-order valence-electron chi connectivity index (χ0n) is 11.5. The Morgan fingerprint density at radius 1 is 1.29 bits per heavy atom. The number of rotatable bonds is 9. The first kappa shape index (κ1) is 16.4. The van der Waals surface area contributed by atoms with E-state index in [1.165, 1.54) is 7.11 Å². The van der Waals surface area contributed by atoms with Crippen LogP contribution >= 0.6 is 0 Å². The fourth-order valence-electron chi connectivity index (χ4n) is 1.64. The number of nitrogens with two attached hydrogens (primary N) is 1. The Kier molecular flexibility index (Phi) is 8.12. The molecule has 1 atom stereocenters. The van der Waals surface area contributed by atoms with Gasteiger partial charge in [-0.25, -0.2) is 0 Å². The average Bonchev–Trinajstić information content (AvgIpc) is 2.28. The molecule has 0 aromatic heterocycles. The normalized spacial score (nSPS) is 14.7. The van der Waals surface area contributed by atoms with Crippen LogP contribution in [0.25, 0.3) is 0 Å². The van der Waals surface area contributed by atoms with Gasteiger partial charge in [-0.05, 0) is 39.8 Å². The molecule has 0 bridgehead atoms. The van der Waals surface area contributed by atoms with Gasteiger partial charge in [0.2, 0.25) is 0 Å². The van der Waals surface area contributed by atoms with Gasteiger partial charge in [0, 0.05) is 20.3 Å². The number of carbonyl (C=O) groups is 1. The van der Waals surface area contributed by atoms with Crippen molar-refractivity contribution < 1.29 is 14.3 Å². The Balaban J connectivity index is 3.71. The zero-order chi connectivity index (χ0) is 13.3. The highest BCUT2D eigenvalue weighted by Gasteiger charge is 2.28. The summed E-state index contributed by atoms with van der Waals surface area (Å²) in [7, 11) is 5.13. The Bertz CT molecular complexity index is 220. The number of hydrogen-bond acceptors (Lipinski definition) is 5. The molecule has 1 unspecified atom stereocenters. The Hall–Kier alpha value is -0.650. The molecule has 0 aliphatic heterocycles. The van der Waals surface area contributed by atoms with Crippen LogP contribution < -0.4 is 5.73 Å². The average molecular weight is 246 g/mol. The van der Waals surface area contributed by atoms with Crippen molar-refractivity contribution >= 4 is 5.97 Å². The Morgan fingerprint density at radius 3 is 2.41 bits per heavy atom. The number of nitrogens with zero attached hydrogens (tertiary/aromatic N) is 1. The van der Waals surface area contributed by atoms with Crippen LogP contribution in [0, 0.1) is 0 Å². The van der Waals surface area contributed by atoms with E-state index in [1.807, 2.05) is 0 Å². The minimum Gasteiger partial charge on any atom is -0.468 e. The van der Waals surface area contributed by atoms with Crippen molar-refractivity contribution in [3.8, 4) is 0 Å². The summed E-state index contributed by atoms with van der Waals surface area (Å²) in [5.74, 6) is -0.348. The monoisotopic (exact) mass is 246 g/mol. The Labute approximate surface area is 104 Å². The summed E-state index contributed by atoms with van der Waals surface area (Å²) in [4.78, 5) is 13.6. The van der Waals surface area contributed by atoms with Crippen LogP contribution in [0.5, 0.6) is 0 Å². The summed E-state index contributed by atoms with van der Waals surface area (Å²) < 4.78 is 9.65. The van der Waals surface area contributed by atoms with Gasteiger partial charge >= 0.3 is 5.97 Å². The van der Waals surface area contributed by atoms with Gasteiger partial charge in [0.1, 0.15) is 5.54 Å². The molecule has 0 spiro atoms. The molecule has 0 heterocycles. The maximum absolute atomic E-state index is 11.3. The smallest absolute Gasteiger partial charge is 0.325 e. The number of carbonyl (C=O) groups excluding carboxylic acids is 1. The van der Waals surface area contributed by atoms with Crippen LogP contribution in [0.15, 0.2) is 0 Å². The fourth-order valence-corrected chi connectivity index (χ4v) is 1.64. The number of esters is 1. The number of hydrogen-bond donors (Lipinski definition) is 1. The van der Waals surface area contributed by atoms with Crippen molar-refractivity contribution in [2.45, 2.75) is 31.7 Å².